The maximum atomic E-state index is 5.60. The molecule has 3 nitrogen and oxygen atoms in total. The first kappa shape index (κ1) is 9.86. The average Bonchev–Trinajstić information content (AvgIpc) is 2.04. The third-order valence-electron chi connectivity index (χ3n) is 1.60. The van der Waals surface area contributed by atoms with E-state index in [2.05, 4.69) is 0 Å². The van der Waals surface area contributed by atoms with Crippen LogP contribution < -0.4 is 10.5 Å². The summed E-state index contributed by atoms with van der Waals surface area (Å²) < 4.78 is 10.5. The number of nitrogens with two attached hydrogens (primary N) is 1. The lowest BCUT2D eigenvalue weighted by Crippen LogP contribution is -2.17. The van der Waals surface area contributed by atoms with Crippen molar-refractivity contribution in [3.8, 4) is 5.75 Å². The number of nitrogen functional groups attached to an aromatic ring is 1. The highest BCUT2D eigenvalue weighted by atomic mass is 16.5. The molecular weight excluding hydrogens is 166 g/mol. The molecule has 3 heteroatoms. The minimum absolute atomic E-state index is 0.0480. The first-order chi connectivity index (χ1) is 6.22. The molecule has 0 unspecified atom stereocenters. The van der Waals surface area contributed by atoms with Crippen LogP contribution in [-0.4, -0.2) is 19.8 Å². The van der Waals surface area contributed by atoms with Gasteiger partial charge in [0.1, 0.15) is 11.9 Å². The molecule has 2 N–H and O–H groups in total. The number of benzene rings is 1. The predicted molar refractivity (Wildman–Crippen MR) is 52.8 cm³/mol. The van der Waals surface area contributed by atoms with Crippen LogP contribution in [0.4, 0.5) is 5.69 Å². The van der Waals surface area contributed by atoms with Crippen LogP contribution in [0.5, 0.6) is 5.75 Å². The SMILES string of the molecule is COC[C@H](C)Oc1cccc(N)c1. The van der Waals surface area contributed by atoms with E-state index in [9.17, 15) is 0 Å². The summed E-state index contributed by atoms with van der Waals surface area (Å²) in [5.41, 5.74) is 6.31. The first-order valence-electron chi connectivity index (χ1n) is 4.23. The van der Waals surface area contributed by atoms with Gasteiger partial charge >= 0.3 is 0 Å². The van der Waals surface area contributed by atoms with Crippen LogP contribution in [0.2, 0.25) is 0 Å². The van der Waals surface area contributed by atoms with Crippen molar-refractivity contribution in [3.63, 3.8) is 0 Å². The van der Waals surface area contributed by atoms with E-state index in [4.69, 9.17) is 15.2 Å². The van der Waals surface area contributed by atoms with E-state index < -0.39 is 0 Å². The van der Waals surface area contributed by atoms with Crippen LogP contribution in [0.1, 0.15) is 6.92 Å². The van der Waals surface area contributed by atoms with E-state index in [1.165, 1.54) is 0 Å². The van der Waals surface area contributed by atoms with Crippen molar-refractivity contribution < 1.29 is 9.47 Å². The molecule has 1 rings (SSSR count). The van der Waals surface area contributed by atoms with Gasteiger partial charge in [0.15, 0.2) is 0 Å². The van der Waals surface area contributed by atoms with Crippen LogP contribution in [0.25, 0.3) is 0 Å². The van der Waals surface area contributed by atoms with Gasteiger partial charge in [-0.2, -0.15) is 0 Å². The number of hydrogen-bond acceptors (Lipinski definition) is 3. The maximum absolute atomic E-state index is 5.60. The molecule has 0 saturated heterocycles. The van der Waals surface area contributed by atoms with E-state index in [1.54, 1.807) is 13.2 Å². The monoisotopic (exact) mass is 181 g/mol. The molecular formula is C10H15NO2. The van der Waals surface area contributed by atoms with Crippen molar-refractivity contribution in [2.75, 3.05) is 19.5 Å². The Balaban J connectivity index is 2.53. The molecule has 1 atom stereocenters. The van der Waals surface area contributed by atoms with Gasteiger partial charge in [0.25, 0.3) is 0 Å². The third kappa shape index (κ3) is 3.34. The molecule has 0 aliphatic heterocycles. The van der Waals surface area contributed by atoms with Crippen molar-refractivity contribution in [2.24, 2.45) is 0 Å². The van der Waals surface area contributed by atoms with E-state index >= 15 is 0 Å². The van der Waals surface area contributed by atoms with Gasteiger partial charge in [0, 0.05) is 18.9 Å². The molecule has 0 amide bonds. The molecule has 0 spiro atoms. The van der Waals surface area contributed by atoms with E-state index in [-0.39, 0.29) is 6.10 Å². The summed E-state index contributed by atoms with van der Waals surface area (Å²) >= 11 is 0. The van der Waals surface area contributed by atoms with E-state index in [0.29, 0.717) is 12.3 Å². The molecule has 0 saturated carbocycles. The van der Waals surface area contributed by atoms with Crippen molar-refractivity contribution in [2.45, 2.75) is 13.0 Å². The second-order valence-electron chi connectivity index (χ2n) is 2.96. The quantitative estimate of drug-likeness (QED) is 0.719. The molecule has 13 heavy (non-hydrogen) atoms. The number of rotatable bonds is 4. The fourth-order valence-electron chi connectivity index (χ4n) is 1.09. The Morgan fingerprint density at radius 2 is 2.23 bits per heavy atom. The largest absolute Gasteiger partial charge is 0.488 e. The first-order valence-corrected chi connectivity index (χ1v) is 4.23. The van der Waals surface area contributed by atoms with Crippen LogP contribution in [0, 0.1) is 0 Å². The highest BCUT2D eigenvalue weighted by molar-refractivity contribution is 5.43. The molecule has 0 heterocycles. The highest BCUT2D eigenvalue weighted by Gasteiger charge is 2.02. The molecule has 0 fully saturated rings. The predicted octanol–water partition coefficient (Wildman–Crippen LogP) is 1.68. The number of anilines is 1. The minimum atomic E-state index is 0.0480. The summed E-state index contributed by atoms with van der Waals surface area (Å²) in [6, 6.07) is 7.37. The summed E-state index contributed by atoms with van der Waals surface area (Å²) in [6.07, 6.45) is 0.0480. The topological polar surface area (TPSA) is 44.5 Å². The minimum Gasteiger partial charge on any atom is -0.488 e. The molecule has 72 valence electrons. The smallest absolute Gasteiger partial charge is 0.121 e. The van der Waals surface area contributed by atoms with Crippen molar-refractivity contribution in [1.82, 2.24) is 0 Å². The Hall–Kier alpha value is -1.22. The maximum Gasteiger partial charge on any atom is 0.121 e. The summed E-state index contributed by atoms with van der Waals surface area (Å²) in [6.45, 7) is 2.53. The molecule has 0 aromatic heterocycles. The zero-order valence-electron chi connectivity index (χ0n) is 7.99. The summed E-state index contributed by atoms with van der Waals surface area (Å²) in [5, 5.41) is 0. The molecule has 0 aliphatic carbocycles. The fraction of sp³-hybridized carbons (Fsp3) is 0.400. The normalized spacial score (nSPS) is 12.5. The lowest BCUT2D eigenvalue weighted by Gasteiger charge is -2.13. The molecule has 0 radical (unpaired) electrons. The van der Waals surface area contributed by atoms with Crippen molar-refractivity contribution >= 4 is 5.69 Å². The second-order valence-corrected chi connectivity index (χ2v) is 2.96. The van der Waals surface area contributed by atoms with Gasteiger partial charge in [-0.25, -0.2) is 0 Å². The van der Waals surface area contributed by atoms with Gasteiger partial charge in [0.2, 0.25) is 0 Å². The second kappa shape index (κ2) is 4.72. The molecule has 1 aromatic rings. The van der Waals surface area contributed by atoms with Gasteiger partial charge in [-0.05, 0) is 19.1 Å². The zero-order chi connectivity index (χ0) is 9.68. The van der Waals surface area contributed by atoms with Crippen LogP contribution in [0.3, 0.4) is 0 Å². The average molecular weight is 181 g/mol. The lowest BCUT2D eigenvalue weighted by atomic mass is 10.3. The third-order valence-corrected chi connectivity index (χ3v) is 1.60. The zero-order valence-corrected chi connectivity index (χ0v) is 7.99. The van der Waals surface area contributed by atoms with Gasteiger partial charge in [-0.3, -0.25) is 0 Å². The Morgan fingerprint density at radius 3 is 2.85 bits per heavy atom. The molecule has 0 bridgehead atoms. The Labute approximate surface area is 78.5 Å². The van der Waals surface area contributed by atoms with Gasteiger partial charge < -0.3 is 15.2 Å². The fourth-order valence-corrected chi connectivity index (χ4v) is 1.09. The van der Waals surface area contributed by atoms with Crippen LogP contribution in [0.15, 0.2) is 24.3 Å². The van der Waals surface area contributed by atoms with Crippen molar-refractivity contribution in [3.05, 3.63) is 24.3 Å². The van der Waals surface area contributed by atoms with E-state index in [0.717, 1.165) is 5.75 Å². The van der Waals surface area contributed by atoms with Gasteiger partial charge in [-0.15, -0.1) is 0 Å². The molecule has 0 aliphatic rings. The number of ether oxygens (including phenoxy) is 2. The van der Waals surface area contributed by atoms with Crippen molar-refractivity contribution in [1.29, 1.82) is 0 Å². The Morgan fingerprint density at radius 1 is 1.46 bits per heavy atom. The molecule has 1 aromatic carbocycles. The standard InChI is InChI=1S/C10H15NO2/c1-8(7-12-2)13-10-5-3-4-9(11)6-10/h3-6,8H,7,11H2,1-2H3/t8-/m0/s1. The number of hydrogen-bond donors (Lipinski definition) is 1. The summed E-state index contributed by atoms with van der Waals surface area (Å²) in [5.74, 6) is 0.782. The van der Waals surface area contributed by atoms with Gasteiger partial charge in [-0.1, -0.05) is 6.07 Å². The highest BCUT2D eigenvalue weighted by Crippen LogP contribution is 2.15. The van der Waals surface area contributed by atoms with Crippen LogP contribution in [-0.2, 0) is 4.74 Å². The van der Waals surface area contributed by atoms with Gasteiger partial charge in [0.05, 0.1) is 6.61 Å². The Kier molecular flexibility index (Phi) is 3.58. The lowest BCUT2D eigenvalue weighted by molar-refractivity contribution is 0.0921. The number of methoxy groups -OCH3 is 1. The summed E-state index contributed by atoms with van der Waals surface area (Å²) in [7, 11) is 1.65. The Bertz CT molecular complexity index is 263. The van der Waals surface area contributed by atoms with Crippen LogP contribution >= 0.6 is 0 Å². The summed E-state index contributed by atoms with van der Waals surface area (Å²) in [4.78, 5) is 0. The van der Waals surface area contributed by atoms with E-state index in [1.807, 2.05) is 25.1 Å².